The first kappa shape index (κ1) is 11.2. The SMILES string of the molecule is COC(C)C(O)Cc1cccc(C)c1. The molecule has 0 saturated carbocycles. The van der Waals surface area contributed by atoms with Gasteiger partial charge in [0.15, 0.2) is 0 Å². The molecule has 0 aromatic heterocycles. The second-order valence-corrected chi connectivity index (χ2v) is 3.70. The summed E-state index contributed by atoms with van der Waals surface area (Å²) < 4.78 is 5.06. The summed E-state index contributed by atoms with van der Waals surface area (Å²) in [6.45, 7) is 3.93. The molecule has 78 valence electrons. The summed E-state index contributed by atoms with van der Waals surface area (Å²) in [5.74, 6) is 0. The van der Waals surface area contributed by atoms with Crippen molar-refractivity contribution >= 4 is 0 Å². The molecule has 0 fully saturated rings. The molecule has 0 aliphatic carbocycles. The summed E-state index contributed by atoms with van der Waals surface area (Å²) in [5, 5.41) is 9.74. The Morgan fingerprint density at radius 2 is 2.14 bits per heavy atom. The Morgan fingerprint density at radius 1 is 1.43 bits per heavy atom. The van der Waals surface area contributed by atoms with E-state index in [0.29, 0.717) is 6.42 Å². The van der Waals surface area contributed by atoms with Crippen LogP contribution in [0.15, 0.2) is 24.3 Å². The molecule has 0 spiro atoms. The van der Waals surface area contributed by atoms with Crippen LogP contribution in [0.25, 0.3) is 0 Å². The highest BCUT2D eigenvalue weighted by atomic mass is 16.5. The van der Waals surface area contributed by atoms with Gasteiger partial charge in [0.1, 0.15) is 0 Å². The third-order valence-electron chi connectivity index (χ3n) is 2.44. The van der Waals surface area contributed by atoms with Crippen molar-refractivity contribution < 1.29 is 9.84 Å². The number of aliphatic hydroxyl groups is 1. The van der Waals surface area contributed by atoms with E-state index in [0.717, 1.165) is 5.56 Å². The van der Waals surface area contributed by atoms with E-state index < -0.39 is 6.10 Å². The summed E-state index contributed by atoms with van der Waals surface area (Å²) in [6, 6.07) is 8.18. The smallest absolute Gasteiger partial charge is 0.0839 e. The van der Waals surface area contributed by atoms with E-state index in [9.17, 15) is 5.11 Å². The average molecular weight is 194 g/mol. The Labute approximate surface area is 85.5 Å². The van der Waals surface area contributed by atoms with E-state index in [1.165, 1.54) is 5.56 Å². The summed E-state index contributed by atoms with van der Waals surface area (Å²) in [7, 11) is 1.62. The van der Waals surface area contributed by atoms with Gasteiger partial charge in [-0.15, -0.1) is 0 Å². The van der Waals surface area contributed by atoms with E-state index in [1.54, 1.807) is 7.11 Å². The number of methoxy groups -OCH3 is 1. The van der Waals surface area contributed by atoms with Crippen LogP contribution in [0.1, 0.15) is 18.1 Å². The zero-order valence-corrected chi connectivity index (χ0v) is 9.03. The topological polar surface area (TPSA) is 29.5 Å². The van der Waals surface area contributed by atoms with Gasteiger partial charge in [-0.25, -0.2) is 0 Å². The second kappa shape index (κ2) is 5.13. The largest absolute Gasteiger partial charge is 0.390 e. The van der Waals surface area contributed by atoms with Crippen molar-refractivity contribution in [2.45, 2.75) is 32.5 Å². The predicted octanol–water partition coefficient (Wildman–Crippen LogP) is 1.93. The first-order chi connectivity index (χ1) is 6.63. The maximum Gasteiger partial charge on any atom is 0.0839 e. The molecule has 14 heavy (non-hydrogen) atoms. The number of hydrogen-bond donors (Lipinski definition) is 1. The van der Waals surface area contributed by atoms with Crippen molar-refractivity contribution in [1.29, 1.82) is 0 Å². The minimum absolute atomic E-state index is 0.115. The lowest BCUT2D eigenvalue weighted by atomic mass is 10.0. The summed E-state index contributed by atoms with van der Waals surface area (Å²) in [6.07, 6.45) is 0.105. The molecule has 0 saturated heterocycles. The molecule has 0 aliphatic rings. The molecule has 0 amide bonds. The van der Waals surface area contributed by atoms with Crippen molar-refractivity contribution in [3.8, 4) is 0 Å². The van der Waals surface area contributed by atoms with Gasteiger partial charge < -0.3 is 9.84 Å². The zero-order chi connectivity index (χ0) is 10.6. The fourth-order valence-electron chi connectivity index (χ4n) is 1.40. The lowest BCUT2D eigenvalue weighted by Crippen LogP contribution is -2.26. The number of benzene rings is 1. The van der Waals surface area contributed by atoms with Crippen LogP contribution in [0, 0.1) is 6.92 Å². The zero-order valence-electron chi connectivity index (χ0n) is 9.03. The number of hydrogen-bond acceptors (Lipinski definition) is 2. The molecule has 0 radical (unpaired) electrons. The minimum atomic E-state index is -0.429. The first-order valence-electron chi connectivity index (χ1n) is 4.90. The van der Waals surface area contributed by atoms with Crippen molar-refractivity contribution in [3.63, 3.8) is 0 Å². The maximum absolute atomic E-state index is 9.74. The van der Waals surface area contributed by atoms with E-state index in [2.05, 4.69) is 19.1 Å². The molecule has 0 heterocycles. The number of aryl methyl sites for hydroxylation is 1. The van der Waals surface area contributed by atoms with Gasteiger partial charge >= 0.3 is 0 Å². The standard InChI is InChI=1S/C12H18O2/c1-9-5-4-6-11(7-9)8-12(13)10(2)14-3/h4-7,10,12-13H,8H2,1-3H3. The van der Waals surface area contributed by atoms with Gasteiger partial charge in [0.2, 0.25) is 0 Å². The van der Waals surface area contributed by atoms with Gasteiger partial charge in [-0.2, -0.15) is 0 Å². The van der Waals surface area contributed by atoms with Crippen LogP contribution in [0.5, 0.6) is 0 Å². The van der Waals surface area contributed by atoms with E-state index >= 15 is 0 Å². The molecular weight excluding hydrogens is 176 g/mol. The molecular formula is C12H18O2. The average Bonchev–Trinajstić information content (AvgIpc) is 2.16. The Hall–Kier alpha value is -0.860. The fraction of sp³-hybridized carbons (Fsp3) is 0.500. The normalized spacial score (nSPS) is 15.1. The minimum Gasteiger partial charge on any atom is -0.390 e. The summed E-state index contributed by atoms with van der Waals surface area (Å²) >= 11 is 0. The molecule has 0 aliphatic heterocycles. The van der Waals surface area contributed by atoms with Crippen molar-refractivity contribution in [3.05, 3.63) is 35.4 Å². The van der Waals surface area contributed by atoms with Crippen molar-refractivity contribution in [1.82, 2.24) is 0 Å². The van der Waals surface area contributed by atoms with Gasteiger partial charge in [-0.1, -0.05) is 29.8 Å². The molecule has 0 bridgehead atoms. The first-order valence-corrected chi connectivity index (χ1v) is 4.90. The third kappa shape index (κ3) is 3.13. The Morgan fingerprint density at radius 3 is 2.71 bits per heavy atom. The van der Waals surface area contributed by atoms with Crippen LogP contribution in [-0.4, -0.2) is 24.4 Å². The maximum atomic E-state index is 9.74. The number of ether oxygens (including phenoxy) is 1. The highest BCUT2D eigenvalue weighted by molar-refractivity contribution is 5.22. The van der Waals surface area contributed by atoms with E-state index in [-0.39, 0.29) is 6.10 Å². The van der Waals surface area contributed by atoms with Crippen LogP contribution in [-0.2, 0) is 11.2 Å². The molecule has 1 N–H and O–H groups in total. The molecule has 1 rings (SSSR count). The Kier molecular flexibility index (Phi) is 4.11. The summed E-state index contributed by atoms with van der Waals surface area (Å²) in [4.78, 5) is 0. The number of aliphatic hydroxyl groups excluding tert-OH is 1. The Bertz CT molecular complexity index is 283. The molecule has 1 aromatic carbocycles. The molecule has 2 nitrogen and oxygen atoms in total. The van der Waals surface area contributed by atoms with Crippen molar-refractivity contribution in [2.75, 3.05) is 7.11 Å². The Balaban J connectivity index is 2.60. The monoisotopic (exact) mass is 194 g/mol. The summed E-state index contributed by atoms with van der Waals surface area (Å²) in [5.41, 5.74) is 2.38. The van der Waals surface area contributed by atoms with Crippen molar-refractivity contribution in [2.24, 2.45) is 0 Å². The second-order valence-electron chi connectivity index (χ2n) is 3.70. The van der Waals surface area contributed by atoms with Gasteiger partial charge in [-0.05, 0) is 19.4 Å². The molecule has 2 heteroatoms. The van der Waals surface area contributed by atoms with Crippen LogP contribution in [0.2, 0.25) is 0 Å². The quantitative estimate of drug-likeness (QED) is 0.793. The highest BCUT2D eigenvalue weighted by Crippen LogP contribution is 2.09. The van der Waals surface area contributed by atoms with Gasteiger partial charge in [0.05, 0.1) is 12.2 Å². The van der Waals surface area contributed by atoms with Gasteiger partial charge in [0.25, 0.3) is 0 Å². The predicted molar refractivity (Wildman–Crippen MR) is 57.4 cm³/mol. The van der Waals surface area contributed by atoms with E-state index in [1.807, 2.05) is 19.1 Å². The number of rotatable bonds is 4. The van der Waals surface area contributed by atoms with E-state index in [4.69, 9.17) is 4.74 Å². The van der Waals surface area contributed by atoms with Crippen LogP contribution in [0.3, 0.4) is 0 Å². The van der Waals surface area contributed by atoms with Crippen LogP contribution < -0.4 is 0 Å². The third-order valence-corrected chi connectivity index (χ3v) is 2.44. The molecule has 2 unspecified atom stereocenters. The highest BCUT2D eigenvalue weighted by Gasteiger charge is 2.13. The lowest BCUT2D eigenvalue weighted by molar-refractivity contribution is 0.000404. The van der Waals surface area contributed by atoms with Crippen LogP contribution >= 0.6 is 0 Å². The van der Waals surface area contributed by atoms with Gasteiger partial charge in [-0.3, -0.25) is 0 Å². The van der Waals surface area contributed by atoms with Crippen LogP contribution in [0.4, 0.5) is 0 Å². The lowest BCUT2D eigenvalue weighted by Gasteiger charge is -2.17. The molecule has 1 aromatic rings. The molecule has 2 atom stereocenters. The fourth-order valence-corrected chi connectivity index (χ4v) is 1.40. The van der Waals surface area contributed by atoms with Gasteiger partial charge in [0, 0.05) is 13.5 Å².